The lowest BCUT2D eigenvalue weighted by atomic mass is 9.99. The highest BCUT2D eigenvalue weighted by Crippen LogP contribution is 2.09. The molecule has 1 aromatic carbocycles. The van der Waals surface area contributed by atoms with Gasteiger partial charge < -0.3 is 5.32 Å². The Kier molecular flexibility index (Phi) is 4.43. The van der Waals surface area contributed by atoms with Crippen LogP contribution in [0.5, 0.6) is 0 Å². The van der Waals surface area contributed by atoms with Crippen molar-refractivity contribution >= 4 is 5.78 Å². The second-order valence-corrected chi connectivity index (χ2v) is 3.58. The monoisotopic (exact) mass is 209 g/mol. The molecule has 0 bridgehead atoms. The number of hydrogen-bond donors (Lipinski definition) is 1. The molecule has 1 unspecified atom stereocenters. The molecule has 0 aliphatic rings. The summed E-state index contributed by atoms with van der Waals surface area (Å²) in [5, 5.41) is 3.12. The van der Waals surface area contributed by atoms with Gasteiger partial charge in [0.25, 0.3) is 0 Å². The fraction of sp³-hybridized carbons (Fsp3) is 0.417. The van der Waals surface area contributed by atoms with Crippen LogP contribution in [0.4, 0.5) is 4.39 Å². The van der Waals surface area contributed by atoms with Crippen molar-refractivity contribution < 1.29 is 9.18 Å². The van der Waals surface area contributed by atoms with E-state index in [0.29, 0.717) is 12.1 Å². The molecule has 3 heteroatoms. The molecule has 2 nitrogen and oxygen atoms in total. The molecule has 1 atom stereocenters. The summed E-state index contributed by atoms with van der Waals surface area (Å²) in [5.74, 6) is -0.336. The Morgan fingerprint density at radius 3 is 2.53 bits per heavy atom. The number of nitrogens with one attached hydrogen (secondary N) is 1. The molecule has 1 rings (SSSR count). The average Bonchev–Trinajstić information content (AvgIpc) is 2.26. The third-order valence-electron chi connectivity index (χ3n) is 2.28. The fourth-order valence-corrected chi connectivity index (χ4v) is 1.35. The van der Waals surface area contributed by atoms with Gasteiger partial charge in [-0.25, -0.2) is 4.39 Å². The topological polar surface area (TPSA) is 29.1 Å². The zero-order valence-electron chi connectivity index (χ0n) is 9.09. The van der Waals surface area contributed by atoms with Crippen LogP contribution in [0.3, 0.4) is 0 Å². The maximum absolute atomic E-state index is 12.6. The lowest BCUT2D eigenvalue weighted by Gasteiger charge is -2.10. The van der Waals surface area contributed by atoms with Gasteiger partial charge in [-0.05, 0) is 30.8 Å². The number of benzene rings is 1. The number of ketones is 1. The van der Waals surface area contributed by atoms with Gasteiger partial charge in [-0.3, -0.25) is 4.79 Å². The minimum atomic E-state index is -0.314. The Hall–Kier alpha value is -1.22. The first kappa shape index (κ1) is 11.9. The second kappa shape index (κ2) is 5.61. The summed E-state index contributed by atoms with van der Waals surface area (Å²) in [6, 6.07) is 5.68. The Morgan fingerprint density at radius 2 is 2.00 bits per heavy atom. The highest BCUT2D eigenvalue weighted by molar-refractivity contribution is 5.97. The highest BCUT2D eigenvalue weighted by atomic mass is 19.1. The first-order valence-corrected chi connectivity index (χ1v) is 5.15. The largest absolute Gasteiger partial charge is 0.316 e. The minimum Gasteiger partial charge on any atom is -0.316 e. The lowest BCUT2D eigenvalue weighted by molar-refractivity contribution is 0.0929. The molecule has 0 fully saturated rings. The molecule has 1 N–H and O–H groups in total. The molecule has 1 aromatic rings. The minimum absolute atomic E-state index is 0.0518. The molecule has 82 valence electrons. The summed E-state index contributed by atoms with van der Waals surface area (Å²) in [4.78, 5) is 11.8. The van der Waals surface area contributed by atoms with Crippen LogP contribution in [0.15, 0.2) is 24.3 Å². The van der Waals surface area contributed by atoms with Crippen LogP contribution in [0.25, 0.3) is 0 Å². The van der Waals surface area contributed by atoms with Crippen LogP contribution < -0.4 is 5.32 Å². The molecule has 0 aromatic heterocycles. The van der Waals surface area contributed by atoms with E-state index in [2.05, 4.69) is 5.32 Å². The van der Waals surface area contributed by atoms with E-state index < -0.39 is 0 Å². The van der Waals surface area contributed by atoms with Crippen LogP contribution in [-0.2, 0) is 0 Å². The van der Waals surface area contributed by atoms with Gasteiger partial charge in [0.2, 0.25) is 0 Å². The van der Waals surface area contributed by atoms with E-state index in [1.54, 1.807) is 0 Å². The third-order valence-corrected chi connectivity index (χ3v) is 2.28. The van der Waals surface area contributed by atoms with E-state index >= 15 is 0 Å². The third kappa shape index (κ3) is 3.44. The summed E-state index contributed by atoms with van der Waals surface area (Å²) < 4.78 is 12.6. The molecule has 0 amide bonds. The number of rotatable bonds is 5. The fourth-order valence-electron chi connectivity index (χ4n) is 1.35. The molecule has 0 saturated heterocycles. The van der Waals surface area contributed by atoms with Crippen LogP contribution in [0.2, 0.25) is 0 Å². The Morgan fingerprint density at radius 1 is 1.40 bits per heavy atom. The van der Waals surface area contributed by atoms with E-state index in [9.17, 15) is 9.18 Å². The van der Waals surface area contributed by atoms with Crippen LogP contribution in [-0.4, -0.2) is 18.9 Å². The number of carbonyl (C=O) groups excluding carboxylic acids is 1. The normalized spacial score (nSPS) is 12.5. The Labute approximate surface area is 89.5 Å². The molecular weight excluding hydrogens is 193 g/mol. The maximum Gasteiger partial charge on any atom is 0.166 e. The number of carbonyl (C=O) groups is 1. The summed E-state index contributed by atoms with van der Waals surface area (Å²) in [7, 11) is 0. The smallest absolute Gasteiger partial charge is 0.166 e. The van der Waals surface area contributed by atoms with Crippen molar-refractivity contribution in [2.45, 2.75) is 13.8 Å². The molecule has 15 heavy (non-hydrogen) atoms. The van der Waals surface area contributed by atoms with E-state index in [4.69, 9.17) is 0 Å². The summed E-state index contributed by atoms with van der Waals surface area (Å²) >= 11 is 0. The van der Waals surface area contributed by atoms with Crippen molar-refractivity contribution in [2.24, 2.45) is 5.92 Å². The van der Waals surface area contributed by atoms with Crippen molar-refractivity contribution in [3.05, 3.63) is 35.6 Å². The Balaban J connectivity index is 2.63. The van der Waals surface area contributed by atoms with E-state index in [0.717, 1.165) is 6.54 Å². The van der Waals surface area contributed by atoms with Crippen LogP contribution in [0, 0.1) is 11.7 Å². The summed E-state index contributed by atoms with van der Waals surface area (Å²) in [6.07, 6.45) is 0. The molecule has 0 aliphatic heterocycles. The molecular formula is C12H16FNO. The molecule has 0 heterocycles. The quantitative estimate of drug-likeness (QED) is 0.754. The van der Waals surface area contributed by atoms with Gasteiger partial charge in [0, 0.05) is 18.0 Å². The number of halogens is 1. The second-order valence-electron chi connectivity index (χ2n) is 3.58. The van der Waals surface area contributed by atoms with Gasteiger partial charge in [0.1, 0.15) is 5.82 Å². The lowest BCUT2D eigenvalue weighted by Crippen LogP contribution is -2.26. The molecule has 0 saturated carbocycles. The predicted molar refractivity (Wildman–Crippen MR) is 58.4 cm³/mol. The molecule has 0 spiro atoms. The van der Waals surface area contributed by atoms with Crippen LogP contribution >= 0.6 is 0 Å². The van der Waals surface area contributed by atoms with Crippen molar-refractivity contribution in [3.8, 4) is 0 Å². The standard InChI is InChI=1S/C12H16FNO/c1-3-14-8-9(2)12(15)10-4-6-11(13)7-5-10/h4-7,9,14H,3,8H2,1-2H3. The first-order chi connectivity index (χ1) is 7.15. The van der Waals surface area contributed by atoms with Gasteiger partial charge in [-0.2, -0.15) is 0 Å². The molecule has 0 aliphatic carbocycles. The SMILES string of the molecule is CCNCC(C)C(=O)c1ccc(F)cc1. The zero-order chi connectivity index (χ0) is 11.3. The zero-order valence-corrected chi connectivity index (χ0v) is 9.09. The van der Waals surface area contributed by atoms with Crippen molar-refractivity contribution in [1.82, 2.24) is 5.32 Å². The van der Waals surface area contributed by atoms with Crippen molar-refractivity contribution in [2.75, 3.05) is 13.1 Å². The first-order valence-electron chi connectivity index (χ1n) is 5.15. The maximum atomic E-state index is 12.6. The van der Waals surface area contributed by atoms with E-state index in [-0.39, 0.29) is 17.5 Å². The Bertz CT molecular complexity index is 321. The van der Waals surface area contributed by atoms with E-state index in [1.165, 1.54) is 24.3 Å². The van der Waals surface area contributed by atoms with Crippen molar-refractivity contribution in [1.29, 1.82) is 0 Å². The van der Waals surface area contributed by atoms with Gasteiger partial charge in [-0.15, -0.1) is 0 Å². The number of hydrogen-bond acceptors (Lipinski definition) is 2. The van der Waals surface area contributed by atoms with E-state index in [1.807, 2.05) is 13.8 Å². The van der Waals surface area contributed by atoms with Gasteiger partial charge in [0.15, 0.2) is 5.78 Å². The van der Waals surface area contributed by atoms with Gasteiger partial charge in [-0.1, -0.05) is 13.8 Å². The average molecular weight is 209 g/mol. The highest BCUT2D eigenvalue weighted by Gasteiger charge is 2.14. The van der Waals surface area contributed by atoms with Gasteiger partial charge in [0.05, 0.1) is 0 Å². The van der Waals surface area contributed by atoms with Crippen molar-refractivity contribution in [3.63, 3.8) is 0 Å². The predicted octanol–water partition coefficient (Wildman–Crippen LogP) is 2.25. The summed E-state index contributed by atoms with van der Waals surface area (Å²) in [5.41, 5.74) is 0.571. The van der Waals surface area contributed by atoms with Gasteiger partial charge >= 0.3 is 0 Å². The molecule has 0 radical (unpaired) electrons. The number of Topliss-reactive ketones (excluding diaryl/α,β-unsaturated/α-hetero) is 1. The summed E-state index contributed by atoms with van der Waals surface area (Å²) in [6.45, 7) is 5.37. The van der Waals surface area contributed by atoms with Crippen LogP contribution in [0.1, 0.15) is 24.2 Å².